The van der Waals surface area contributed by atoms with Crippen LogP contribution < -0.4 is 11.1 Å². The smallest absolute Gasteiger partial charge is 0.282 e. The first-order chi connectivity index (χ1) is 17.2. The van der Waals surface area contributed by atoms with Crippen molar-refractivity contribution in [2.75, 3.05) is 0 Å². The highest BCUT2D eigenvalue weighted by Crippen LogP contribution is 2.38. The number of hydrogen-bond donors (Lipinski definition) is 0. The fourth-order valence-electron chi connectivity index (χ4n) is 5.53. The van der Waals surface area contributed by atoms with Crippen LogP contribution in [0.2, 0.25) is 0 Å². The summed E-state index contributed by atoms with van der Waals surface area (Å²) in [7, 11) is 0. The second kappa shape index (κ2) is 6.36. The second-order valence-electron chi connectivity index (χ2n) is 8.92. The van der Waals surface area contributed by atoms with Crippen LogP contribution in [0.5, 0.6) is 0 Å². The van der Waals surface area contributed by atoms with Gasteiger partial charge in [0.05, 0.1) is 21.8 Å². The molecule has 5 nitrogen and oxygen atoms in total. The molecule has 3 aromatic heterocycles. The number of nitrogens with zero attached hydrogens (tertiary/aromatic N) is 2. The van der Waals surface area contributed by atoms with E-state index in [0.29, 0.717) is 16.3 Å². The van der Waals surface area contributed by atoms with E-state index in [2.05, 4.69) is 30.3 Å². The van der Waals surface area contributed by atoms with Crippen LogP contribution in [0.3, 0.4) is 0 Å². The van der Waals surface area contributed by atoms with E-state index in [-0.39, 0.29) is 11.1 Å². The van der Waals surface area contributed by atoms with E-state index < -0.39 is 0 Å². The minimum Gasteiger partial charge on any atom is -0.455 e. The minimum atomic E-state index is -0.297. The summed E-state index contributed by atoms with van der Waals surface area (Å²) in [5, 5.41) is 5.36. The first-order valence-electron chi connectivity index (χ1n) is 11.5. The van der Waals surface area contributed by atoms with Gasteiger partial charge < -0.3 is 4.42 Å². The predicted octanol–water partition coefficient (Wildman–Crippen LogP) is 6.22. The summed E-state index contributed by atoms with van der Waals surface area (Å²) in [5.74, 6) is 0. The molecule has 0 saturated carbocycles. The molecular weight excluding hydrogens is 436 g/mol. The van der Waals surface area contributed by atoms with Crippen LogP contribution in [0.4, 0.5) is 0 Å². The van der Waals surface area contributed by atoms with Gasteiger partial charge in [-0.3, -0.25) is 9.59 Å². The minimum absolute atomic E-state index is 0.291. The van der Waals surface area contributed by atoms with Crippen molar-refractivity contribution < 1.29 is 4.42 Å². The summed E-state index contributed by atoms with van der Waals surface area (Å²) >= 11 is 0. The van der Waals surface area contributed by atoms with Gasteiger partial charge >= 0.3 is 0 Å². The zero-order valence-corrected chi connectivity index (χ0v) is 18.4. The number of fused-ring (bicyclic) bond motifs is 10. The maximum atomic E-state index is 13.1. The van der Waals surface area contributed by atoms with Gasteiger partial charge in [0.2, 0.25) is 0 Å². The van der Waals surface area contributed by atoms with Crippen LogP contribution in [-0.2, 0) is 0 Å². The molecule has 0 unspecified atom stereocenters. The lowest BCUT2D eigenvalue weighted by Gasteiger charge is -2.08. The average Bonchev–Trinajstić information content (AvgIpc) is 3.53. The molecule has 0 spiro atoms. The van der Waals surface area contributed by atoms with E-state index in [1.165, 1.54) is 4.52 Å². The molecule has 0 saturated heterocycles. The summed E-state index contributed by atoms with van der Waals surface area (Å²) in [6.07, 6.45) is 0. The Labute approximate surface area is 197 Å². The van der Waals surface area contributed by atoms with Gasteiger partial charge in [-0.1, -0.05) is 60.7 Å². The van der Waals surface area contributed by atoms with E-state index in [1.807, 2.05) is 60.7 Å². The Morgan fingerprint density at radius 1 is 0.514 bits per heavy atom. The van der Waals surface area contributed by atoms with Crippen LogP contribution >= 0.6 is 0 Å². The molecule has 5 heteroatoms. The van der Waals surface area contributed by atoms with Crippen LogP contribution in [-0.4, -0.2) is 9.03 Å². The van der Waals surface area contributed by atoms with Gasteiger partial charge in [-0.15, -0.1) is 0 Å². The third-order valence-electron chi connectivity index (χ3n) is 7.12. The SMILES string of the molecule is O=c1c2ccccc2n2c3cc(-c4cccc5c4ccc4c6ccccc6oc54)ccc3c(=O)n12. The molecule has 0 N–H and O–H groups in total. The van der Waals surface area contributed by atoms with Gasteiger partial charge in [0.1, 0.15) is 11.2 Å². The summed E-state index contributed by atoms with van der Waals surface area (Å²) in [4.78, 5) is 26.0. The highest BCUT2D eigenvalue weighted by molar-refractivity contribution is 6.17. The van der Waals surface area contributed by atoms with Crippen LogP contribution in [0, 0.1) is 0 Å². The van der Waals surface area contributed by atoms with E-state index in [9.17, 15) is 9.59 Å². The number of rotatable bonds is 1. The molecule has 5 aromatic carbocycles. The maximum absolute atomic E-state index is 13.1. The normalized spacial score (nSPS) is 12.2. The highest BCUT2D eigenvalue weighted by Gasteiger charge is 2.18. The van der Waals surface area contributed by atoms with Gasteiger partial charge in [0, 0.05) is 16.2 Å². The Hall–Kier alpha value is -4.90. The van der Waals surface area contributed by atoms with E-state index >= 15 is 0 Å². The monoisotopic (exact) mass is 452 g/mol. The van der Waals surface area contributed by atoms with Crippen molar-refractivity contribution in [3.63, 3.8) is 0 Å². The highest BCUT2D eigenvalue weighted by atomic mass is 16.3. The summed E-state index contributed by atoms with van der Waals surface area (Å²) in [6, 6.07) is 31.6. The standard InChI is InChI=1S/C30H16N2O3/c33-29-23-7-1-3-10-25(23)31-26-16-17(12-13-24(26)30(34)32(29)31)18-8-5-9-21-19(18)14-15-22-20-6-2-4-11-27(20)35-28(21)22/h1-16H. The van der Waals surface area contributed by atoms with Crippen molar-refractivity contribution >= 4 is 54.5 Å². The lowest BCUT2D eigenvalue weighted by Crippen LogP contribution is -2.21. The van der Waals surface area contributed by atoms with Gasteiger partial charge in [0.25, 0.3) is 11.1 Å². The van der Waals surface area contributed by atoms with Gasteiger partial charge in [-0.2, -0.15) is 4.52 Å². The molecule has 0 aliphatic rings. The maximum Gasteiger partial charge on any atom is 0.282 e. The van der Waals surface area contributed by atoms with E-state index in [0.717, 1.165) is 49.4 Å². The topological polar surface area (TPSA) is 56.1 Å². The average molecular weight is 452 g/mol. The number of hydrogen-bond acceptors (Lipinski definition) is 3. The molecule has 164 valence electrons. The zero-order valence-electron chi connectivity index (χ0n) is 18.4. The Kier molecular flexibility index (Phi) is 3.37. The van der Waals surface area contributed by atoms with Gasteiger partial charge in [0.15, 0.2) is 0 Å². The summed E-state index contributed by atoms with van der Waals surface area (Å²) in [6.45, 7) is 0. The quantitative estimate of drug-likeness (QED) is 0.297. The molecular formula is C30H16N2O3. The van der Waals surface area contributed by atoms with Crippen LogP contribution in [0.25, 0.3) is 65.6 Å². The number of benzene rings is 5. The van der Waals surface area contributed by atoms with Crippen molar-refractivity contribution in [2.24, 2.45) is 0 Å². The van der Waals surface area contributed by atoms with Crippen LogP contribution in [0.1, 0.15) is 0 Å². The van der Waals surface area contributed by atoms with Gasteiger partial charge in [-0.25, -0.2) is 4.52 Å². The fourth-order valence-corrected chi connectivity index (χ4v) is 5.53. The fraction of sp³-hybridized carbons (Fsp3) is 0. The van der Waals surface area contributed by atoms with Crippen molar-refractivity contribution in [1.82, 2.24) is 9.03 Å². The molecule has 0 amide bonds. The summed E-state index contributed by atoms with van der Waals surface area (Å²) in [5.41, 5.74) is 4.60. The molecule has 35 heavy (non-hydrogen) atoms. The Balaban J connectivity index is 1.46. The molecule has 8 aromatic rings. The Bertz CT molecular complexity index is 2270. The first-order valence-corrected chi connectivity index (χ1v) is 11.5. The summed E-state index contributed by atoms with van der Waals surface area (Å²) < 4.78 is 9.23. The molecule has 3 heterocycles. The molecule has 0 radical (unpaired) electrons. The Morgan fingerprint density at radius 2 is 1.17 bits per heavy atom. The Morgan fingerprint density at radius 3 is 2.06 bits per heavy atom. The van der Waals surface area contributed by atoms with Crippen molar-refractivity contribution in [3.8, 4) is 11.1 Å². The third kappa shape index (κ3) is 2.27. The van der Waals surface area contributed by atoms with Crippen molar-refractivity contribution in [1.29, 1.82) is 0 Å². The number of aromatic nitrogens is 2. The van der Waals surface area contributed by atoms with Crippen LogP contribution in [0.15, 0.2) is 111 Å². The first kappa shape index (κ1) is 18.5. The lowest BCUT2D eigenvalue weighted by molar-refractivity contribution is 0.672. The molecule has 0 bridgehead atoms. The second-order valence-corrected chi connectivity index (χ2v) is 8.92. The largest absolute Gasteiger partial charge is 0.455 e. The lowest BCUT2D eigenvalue weighted by atomic mass is 9.96. The zero-order chi connectivity index (χ0) is 23.3. The third-order valence-corrected chi connectivity index (χ3v) is 7.12. The van der Waals surface area contributed by atoms with E-state index in [4.69, 9.17) is 4.42 Å². The molecule has 8 rings (SSSR count). The molecule has 0 aliphatic heterocycles. The van der Waals surface area contributed by atoms with Crippen molar-refractivity contribution in [2.45, 2.75) is 0 Å². The van der Waals surface area contributed by atoms with Crippen molar-refractivity contribution in [3.05, 3.63) is 118 Å². The predicted molar refractivity (Wildman–Crippen MR) is 140 cm³/mol. The van der Waals surface area contributed by atoms with Gasteiger partial charge in [-0.05, 0) is 52.9 Å². The number of para-hydroxylation sites is 2. The molecule has 0 aliphatic carbocycles. The number of furan rings is 1. The molecule has 0 atom stereocenters. The molecule has 0 fully saturated rings. The van der Waals surface area contributed by atoms with E-state index in [1.54, 1.807) is 10.6 Å².